The number of fused-ring (bicyclic) bond motifs is 1. The average Bonchev–Trinajstić information content (AvgIpc) is 3.06. The standard InChI is InChI=1S/C21H26N6O2S/c1-13(2)12-23-20(29)24-19(28)14(3)30-21-26-25-18(27(21)22)11-16-9-6-8-15-7-4-5-10-17(15)16/h4-10,13-14H,11-12,22H2,1-3H3,(H2,23,24,28,29)/t14-/m0/s1. The van der Waals surface area contributed by atoms with E-state index in [1.54, 1.807) is 6.92 Å². The van der Waals surface area contributed by atoms with Crippen LogP contribution in [0.4, 0.5) is 4.79 Å². The number of imide groups is 1. The van der Waals surface area contributed by atoms with E-state index in [2.05, 4.69) is 39.0 Å². The average molecular weight is 427 g/mol. The van der Waals surface area contributed by atoms with Crippen molar-refractivity contribution in [1.82, 2.24) is 25.5 Å². The Balaban J connectivity index is 1.65. The number of carbonyl (C=O) groups is 2. The number of hydrogen-bond donors (Lipinski definition) is 3. The first-order valence-corrected chi connectivity index (χ1v) is 10.6. The first-order chi connectivity index (χ1) is 14.3. The maximum absolute atomic E-state index is 12.3. The number of benzene rings is 2. The number of carbonyl (C=O) groups excluding carboxylic acids is 2. The topological polar surface area (TPSA) is 115 Å². The van der Waals surface area contributed by atoms with Gasteiger partial charge in [-0.05, 0) is 29.2 Å². The molecule has 3 rings (SSSR count). The molecule has 9 heteroatoms. The molecule has 3 amide bonds. The lowest BCUT2D eigenvalue weighted by atomic mass is 10.0. The normalized spacial score (nSPS) is 12.1. The number of aromatic nitrogens is 3. The Morgan fingerprint density at radius 1 is 1.10 bits per heavy atom. The van der Waals surface area contributed by atoms with Crippen LogP contribution in [0.2, 0.25) is 0 Å². The molecule has 0 radical (unpaired) electrons. The lowest BCUT2D eigenvalue weighted by molar-refractivity contribution is -0.119. The van der Waals surface area contributed by atoms with Gasteiger partial charge in [0.25, 0.3) is 0 Å². The van der Waals surface area contributed by atoms with E-state index in [-0.39, 0.29) is 0 Å². The number of thioether (sulfide) groups is 1. The van der Waals surface area contributed by atoms with Crippen molar-refractivity contribution in [2.24, 2.45) is 5.92 Å². The quantitative estimate of drug-likeness (QED) is 0.395. The fraction of sp³-hybridized carbons (Fsp3) is 0.333. The molecule has 0 bridgehead atoms. The van der Waals surface area contributed by atoms with Gasteiger partial charge in [0.1, 0.15) is 0 Å². The SMILES string of the molecule is CC(C)CNC(=O)NC(=O)[C@H](C)Sc1nnc(Cc2cccc3ccccc23)n1N. The molecule has 1 atom stereocenters. The van der Waals surface area contributed by atoms with E-state index in [1.165, 1.54) is 4.68 Å². The minimum atomic E-state index is -0.563. The second-order valence-corrected chi connectivity index (χ2v) is 8.75. The molecule has 2 aromatic carbocycles. The highest BCUT2D eigenvalue weighted by Crippen LogP contribution is 2.24. The molecular weight excluding hydrogens is 400 g/mol. The molecule has 3 aromatic rings. The van der Waals surface area contributed by atoms with Gasteiger partial charge in [-0.25, -0.2) is 9.47 Å². The number of nitrogens with one attached hydrogen (secondary N) is 2. The number of hydrogen-bond acceptors (Lipinski definition) is 6. The highest BCUT2D eigenvalue weighted by atomic mass is 32.2. The Hall–Kier alpha value is -3.07. The first kappa shape index (κ1) is 21.6. The van der Waals surface area contributed by atoms with Crippen LogP contribution < -0.4 is 16.5 Å². The van der Waals surface area contributed by atoms with Crippen molar-refractivity contribution < 1.29 is 9.59 Å². The molecule has 0 spiro atoms. The lowest BCUT2D eigenvalue weighted by Crippen LogP contribution is -2.43. The summed E-state index contributed by atoms with van der Waals surface area (Å²) in [4.78, 5) is 24.1. The molecule has 1 aromatic heterocycles. The summed E-state index contributed by atoms with van der Waals surface area (Å²) in [5.41, 5.74) is 1.09. The molecule has 0 unspecified atom stereocenters. The molecule has 0 aliphatic heterocycles. The van der Waals surface area contributed by atoms with Crippen LogP contribution in [0, 0.1) is 5.92 Å². The maximum Gasteiger partial charge on any atom is 0.321 e. The monoisotopic (exact) mass is 426 g/mol. The number of urea groups is 1. The zero-order chi connectivity index (χ0) is 21.7. The Labute approximate surface area is 179 Å². The molecule has 0 saturated heterocycles. The van der Waals surface area contributed by atoms with Crippen molar-refractivity contribution in [2.75, 3.05) is 12.4 Å². The van der Waals surface area contributed by atoms with E-state index >= 15 is 0 Å². The number of nitrogen functional groups attached to an aromatic ring is 1. The third kappa shape index (κ3) is 5.29. The zero-order valence-electron chi connectivity index (χ0n) is 17.3. The third-order valence-corrected chi connectivity index (χ3v) is 5.58. The molecule has 0 aliphatic rings. The number of amides is 3. The maximum atomic E-state index is 12.3. The van der Waals surface area contributed by atoms with Crippen LogP contribution in [-0.2, 0) is 11.2 Å². The predicted molar refractivity (Wildman–Crippen MR) is 119 cm³/mol. The van der Waals surface area contributed by atoms with E-state index in [0.717, 1.165) is 28.1 Å². The van der Waals surface area contributed by atoms with Crippen LogP contribution in [0.3, 0.4) is 0 Å². The summed E-state index contributed by atoms with van der Waals surface area (Å²) in [6.07, 6.45) is 0.517. The Morgan fingerprint density at radius 2 is 1.83 bits per heavy atom. The van der Waals surface area contributed by atoms with Crippen molar-refractivity contribution in [3.8, 4) is 0 Å². The van der Waals surface area contributed by atoms with Crippen LogP contribution in [-0.4, -0.2) is 38.6 Å². The number of nitrogens with zero attached hydrogens (tertiary/aromatic N) is 3. The van der Waals surface area contributed by atoms with Crippen molar-refractivity contribution in [3.63, 3.8) is 0 Å². The smallest absolute Gasteiger partial charge is 0.321 e. The Kier molecular flexibility index (Phi) is 6.94. The highest BCUT2D eigenvalue weighted by molar-refractivity contribution is 8.00. The van der Waals surface area contributed by atoms with E-state index in [9.17, 15) is 9.59 Å². The molecule has 158 valence electrons. The van der Waals surface area contributed by atoms with E-state index < -0.39 is 17.2 Å². The summed E-state index contributed by atoms with van der Waals surface area (Å²) in [7, 11) is 0. The van der Waals surface area contributed by atoms with Gasteiger partial charge in [-0.1, -0.05) is 68.1 Å². The van der Waals surface area contributed by atoms with Gasteiger partial charge >= 0.3 is 6.03 Å². The molecule has 0 saturated carbocycles. The van der Waals surface area contributed by atoms with Gasteiger partial charge in [0.2, 0.25) is 11.1 Å². The second-order valence-electron chi connectivity index (χ2n) is 7.44. The van der Waals surface area contributed by atoms with Gasteiger partial charge in [0, 0.05) is 13.0 Å². The van der Waals surface area contributed by atoms with Gasteiger partial charge in [-0.15, -0.1) is 10.2 Å². The Bertz CT molecular complexity index is 1040. The fourth-order valence-corrected chi connectivity index (χ4v) is 3.68. The number of nitrogens with two attached hydrogens (primary N) is 1. The van der Waals surface area contributed by atoms with Gasteiger partial charge in [-0.2, -0.15) is 0 Å². The Morgan fingerprint density at radius 3 is 2.60 bits per heavy atom. The highest BCUT2D eigenvalue weighted by Gasteiger charge is 2.21. The van der Waals surface area contributed by atoms with Crippen molar-refractivity contribution in [1.29, 1.82) is 0 Å². The summed E-state index contributed by atoms with van der Waals surface area (Å²) in [5, 5.41) is 15.4. The van der Waals surface area contributed by atoms with E-state index in [0.29, 0.717) is 29.9 Å². The van der Waals surface area contributed by atoms with Gasteiger partial charge in [-0.3, -0.25) is 10.1 Å². The van der Waals surface area contributed by atoms with Crippen molar-refractivity contribution in [2.45, 2.75) is 37.6 Å². The predicted octanol–water partition coefficient (Wildman–Crippen LogP) is 2.70. The molecule has 30 heavy (non-hydrogen) atoms. The summed E-state index contributed by atoms with van der Waals surface area (Å²) < 4.78 is 1.40. The molecule has 8 nitrogen and oxygen atoms in total. The largest absolute Gasteiger partial charge is 0.338 e. The second kappa shape index (κ2) is 9.62. The first-order valence-electron chi connectivity index (χ1n) is 9.76. The third-order valence-electron chi connectivity index (χ3n) is 4.52. The molecule has 0 aliphatic carbocycles. The van der Waals surface area contributed by atoms with Crippen molar-refractivity contribution in [3.05, 3.63) is 53.9 Å². The van der Waals surface area contributed by atoms with Crippen LogP contribution in [0.15, 0.2) is 47.6 Å². The van der Waals surface area contributed by atoms with Crippen molar-refractivity contribution >= 4 is 34.5 Å². The minimum Gasteiger partial charge on any atom is -0.338 e. The van der Waals surface area contributed by atoms with Crippen LogP contribution in [0.1, 0.15) is 32.2 Å². The number of rotatable bonds is 7. The fourth-order valence-electron chi connectivity index (χ4n) is 2.89. The summed E-state index contributed by atoms with van der Waals surface area (Å²) >= 11 is 1.15. The van der Waals surface area contributed by atoms with Crippen LogP contribution in [0.25, 0.3) is 10.8 Å². The lowest BCUT2D eigenvalue weighted by Gasteiger charge is -2.12. The molecule has 4 N–H and O–H groups in total. The van der Waals surface area contributed by atoms with E-state index in [4.69, 9.17) is 5.84 Å². The minimum absolute atomic E-state index is 0.300. The zero-order valence-corrected chi connectivity index (χ0v) is 18.1. The van der Waals surface area contributed by atoms with Crippen LogP contribution in [0.5, 0.6) is 0 Å². The summed E-state index contributed by atoms with van der Waals surface area (Å²) in [6, 6.07) is 13.7. The van der Waals surface area contributed by atoms with Gasteiger partial charge in [0.15, 0.2) is 5.82 Å². The molecular formula is C21H26N6O2S. The molecule has 1 heterocycles. The summed E-state index contributed by atoms with van der Waals surface area (Å²) in [5.74, 6) is 6.66. The van der Waals surface area contributed by atoms with Crippen LogP contribution >= 0.6 is 11.8 Å². The van der Waals surface area contributed by atoms with E-state index in [1.807, 2.05) is 38.1 Å². The van der Waals surface area contributed by atoms with Gasteiger partial charge < -0.3 is 11.2 Å². The molecule has 0 fully saturated rings. The summed E-state index contributed by atoms with van der Waals surface area (Å²) in [6.45, 7) is 6.14. The van der Waals surface area contributed by atoms with Gasteiger partial charge in [0.05, 0.1) is 5.25 Å².